The van der Waals surface area contributed by atoms with Crippen molar-refractivity contribution >= 4 is 11.9 Å². The van der Waals surface area contributed by atoms with Gasteiger partial charge in [0.2, 0.25) is 5.91 Å². The molecule has 4 nitrogen and oxygen atoms in total. The molecule has 1 aromatic rings. The van der Waals surface area contributed by atoms with E-state index in [0.29, 0.717) is 24.4 Å². The summed E-state index contributed by atoms with van der Waals surface area (Å²) in [6.07, 6.45) is 5.10. The van der Waals surface area contributed by atoms with Crippen molar-refractivity contribution in [1.29, 1.82) is 0 Å². The Hall–Kier alpha value is -1.84. The molecule has 0 aromatic heterocycles. The number of hydrogen-bond donors (Lipinski definition) is 1. The van der Waals surface area contributed by atoms with E-state index in [9.17, 15) is 9.59 Å². The number of fused-ring (bicyclic) bond motifs is 1. The minimum atomic E-state index is -0.911. The van der Waals surface area contributed by atoms with Gasteiger partial charge in [-0.3, -0.25) is 4.79 Å². The lowest BCUT2D eigenvalue weighted by Gasteiger charge is -2.32. The van der Waals surface area contributed by atoms with E-state index in [-0.39, 0.29) is 5.91 Å². The van der Waals surface area contributed by atoms with Gasteiger partial charge in [-0.05, 0) is 48.4 Å². The van der Waals surface area contributed by atoms with Gasteiger partial charge in [0.05, 0.1) is 5.56 Å². The molecule has 20 heavy (non-hydrogen) atoms. The molecule has 1 saturated carbocycles. The summed E-state index contributed by atoms with van der Waals surface area (Å²) in [5, 5.41) is 9.04. The lowest BCUT2D eigenvalue weighted by atomic mass is 9.82. The second-order valence-electron chi connectivity index (χ2n) is 5.85. The molecule has 1 amide bonds. The number of benzene rings is 1. The lowest BCUT2D eigenvalue weighted by Crippen LogP contribution is -2.37. The summed E-state index contributed by atoms with van der Waals surface area (Å²) in [6, 6.07) is 5.24. The maximum Gasteiger partial charge on any atom is 0.335 e. The van der Waals surface area contributed by atoms with Gasteiger partial charge in [0.25, 0.3) is 0 Å². The predicted molar refractivity (Wildman–Crippen MR) is 74.5 cm³/mol. The maximum atomic E-state index is 12.2. The Morgan fingerprint density at radius 2 is 2.05 bits per heavy atom. The topological polar surface area (TPSA) is 57.6 Å². The number of aromatic carboxylic acids is 1. The summed E-state index contributed by atoms with van der Waals surface area (Å²) >= 11 is 0. The van der Waals surface area contributed by atoms with Crippen LogP contribution in [0.5, 0.6) is 0 Å². The minimum absolute atomic E-state index is 0.223. The summed E-state index contributed by atoms with van der Waals surface area (Å²) in [5.41, 5.74) is 2.46. The standard InChI is InChI=1S/C16H19NO3/c18-15(8-11-2-1-3-11)17-7-6-12-4-5-13(16(19)20)9-14(12)10-17/h4-5,9,11H,1-3,6-8,10H2,(H,19,20). The molecule has 0 unspecified atom stereocenters. The molecule has 1 aromatic carbocycles. The highest BCUT2D eigenvalue weighted by Gasteiger charge is 2.26. The second kappa shape index (κ2) is 5.27. The zero-order valence-electron chi connectivity index (χ0n) is 11.5. The molecule has 1 aliphatic heterocycles. The maximum absolute atomic E-state index is 12.2. The highest BCUT2D eigenvalue weighted by atomic mass is 16.4. The van der Waals surface area contributed by atoms with E-state index in [1.165, 1.54) is 24.8 Å². The fourth-order valence-corrected chi connectivity index (χ4v) is 2.98. The van der Waals surface area contributed by atoms with Crippen LogP contribution in [0.1, 0.15) is 47.2 Å². The number of carbonyl (C=O) groups is 2. The average molecular weight is 273 g/mol. The number of carboxylic acids is 1. The monoisotopic (exact) mass is 273 g/mol. The summed E-state index contributed by atoms with van der Waals surface area (Å²) in [4.78, 5) is 25.1. The Kier molecular flexibility index (Phi) is 3.47. The largest absolute Gasteiger partial charge is 0.478 e. The van der Waals surface area contributed by atoms with Crippen molar-refractivity contribution in [3.63, 3.8) is 0 Å². The van der Waals surface area contributed by atoms with Crippen LogP contribution in [0.15, 0.2) is 18.2 Å². The van der Waals surface area contributed by atoms with Crippen molar-refractivity contribution < 1.29 is 14.7 Å². The molecule has 1 heterocycles. The van der Waals surface area contributed by atoms with E-state index < -0.39 is 5.97 Å². The molecule has 4 heteroatoms. The van der Waals surface area contributed by atoms with Crippen LogP contribution in [0.2, 0.25) is 0 Å². The third-order valence-electron chi connectivity index (χ3n) is 4.51. The third kappa shape index (κ3) is 2.55. The van der Waals surface area contributed by atoms with Gasteiger partial charge < -0.3 is 10.0 Å². The number of nitrogens with zero attached hydrogens (tertiary/aromatic N) is 1. The van der Waals surface area contributed by atoms with Crippen LogP contribution in [0, 0.1) is 5.92 Å². The van der Waals surface area contributed by atoms with Crippen LogP contribution >= 0.6 is 0 Å². The zero-order chi connectivity index (χ0) is 14.1. The van der Waals surface area contributed by atoms with E-state index in [2.05, 4.69) is 0 Å². The number of amides is 1. The van der Waals surface area contributed by atoms with Crippen molar-refractivity contribution in [3.8, 4) is 0 Å². The molecule has 0 bridgehead atoms. The van der Waals surface area contributed by atoms with Crippen molar-refractivity contribution in [1.82, 2.24) is 4.90 Å². The van der Waals surface area contributed by atoms with E-state index >= 15 is 0 Å². The quantitative estimate of drug-likeness (QED) is 0.920. The van der Waals surface area contributed by atoms with E-state index in [1.807, 2.05) is 11.0 Å². The molecule has 1 fully saturated rings. The molecule has 3 rings (SSSR count). The summed E-state index contributed by atoms with van der Waals surface area (Å²) in [6.45, 7) is 1.31. The molecule has 0 radical (unpaired) electrons. The van der Waals surface area contributed by atoms with Crippen LogP contribution in [-0.2, 0) is 17.8 Å². The molecule has 2 aliphatic rings. The fourth-order valence-electron chi connectivity index (χ4n) is 2.98. The molecular formula is C16H19NO3. The van der Waals surface area contributed by atoms with Crippen LogP contribution < -0.4 is 0 Å². The van der Waals surface area contributed by atoms with Gasteiger partial charge in [-0.2, -0.15) is 0 Å². The third-order valence-corrected chi connectivity index (χ3v) is 4.51. The summed E-state index contributed by atoms with van der Waals surface area (Å²) < 4.78 is 0. The lowest BCUT2D eigenvalue weighted by molar-refractivity contribution is -0.133. The van der Waals surface area contributed by atoms with Gasteiger partial charge in [-0.1, -0.05) is 12.5 Å². The molecular weight excluding hydrogens is 254 g/mol. The minimum Gasteiger partial charge on any atom is -0.478 e. The Morgan fingerprint density at radius 3 is 2.70 bits per heavy atom. The van der Waals surface area contributed by atoms with Crippen LogP contribution in [-0.4, -0.2) is 28.4 Å². The van der Waals surface area contributed by atoms with E-state index in [0.717, 1.165) is 18.5 Å². The van der Waals surface area contributed by atoms with Crippen molar-refractivity contribution in [2.75, 3.05) is 6.54 Å². The molecule has 106 valence electrons. The molecule has 0 spiro atoms. The van der Waals surface area contributed by atoms with Crippen LogP contribution in [0.4, 0.5) is 0 Å². The van der Waals surface area contributed by atoms with E-state index in [1.54, 1.807) is 12.1 Å². The Balaban J connectivity index is 1.71. The summed E-state index contributed by atoms with van der Waals surface area (Å²) in [7, 11) is 0. The second-order valence-corrected chi connectivity index (χ2v) is 5.85. The first-order chi connectivity index (χ1) is 9.63. The first-order valence-electron chi connectivity index (χ1n) is 7.26. The highest BCUT2D eigenvalue weighted by molar-refractivity contribution is 5.88. The Bertz CT molecular complexity index is 549. The Labute approximate surface area is 118 Å². The predicted octanol–water partition coefficient (Wildman–Crippen LogP) is 2.46. The van der Waals surface area contributed by atoms with Gasteiger partial charge in [-0.25, -0.2) is 4.79 Å². The summed E-state index contributed by atoms with van der Waals surface area (Å²) in [5.74, 6) is -0.110. The Morgan fingerprint density at radius 1 is 1.25 bits per heavy atom. The average Bonchev–Trinajstić information content (AvgIpc) is 2.41. The first-order valence-corrected chi connectivity index (χ1v) is 7.26. The van der Waals surface area contributed by atoms with Gasteiger partial charge in [-0.15, -0.1) is 0 Å². The van der Waals surface area contributed by atoms with Crippen molar-refractivity contribution in [3.05, 3.63) is 34.9 Å². The molecule has 1 aliphatic carbocycles. The van der Waals surface area contributed by atoms with Crippen LogP contribution in [0.25, 0.3) is 0 Å². The first kappa shape index (κ1) is 13.2. The highest BCUT2D eigenvalue weighted by Crippen LogP contribution is 2.30. The van der Waals surface area contributed by atoms with Gasteiger partial charge in [0.1, 0.15) is 0 Å². The zero-order valence-corrected chi connectivity index (χ0v) is 11.5. The smallest absolute Gasteiger partial charge is 0.335 e. The van der Waals surface area contributed by atoms with Gasteiger partial charge >= 0.3 is 5.97 Å². The fraction of sp³-hybridized carbons (Fsp3) is 0.500. The molecule has 0 atom stereocenters. The SMILES string of the molecule is O=C(O)c1ccc2c(c1)CN(C(=O)CC1CCC1)CC2. The number of carbonyl (C=O) groups excluding carboxylic acids is 1. The number of carboxylic acid groups (broad SMARTS) is 1. The van der Waals surface area contributed by atoms with Gasteiger partial charge in [0, 0.05) is 19.5 Å². The van der Waals surface area contributed by atoms with Crippen molar-refractivity contribution in [2.24, 2.45) is 5.92 Å². The van der Waals surface area contributed by atoms with Gasteiger partial charge in [0.15, 0.2) is 0 Å². The molecule has 0 saturated heterocycles. The van der Waals surface area contributed by atoms with Crippen molar-refractivity contribution in [2.45, 2.75) is 38.6 Å². The number of rotatable bonds is 3. The number of hydrogen-bond acceptors (Lipinski definition) is 2. The van der Waals surface area contributed by atoms with E-state index in [4.69, 9.17) is 5.11 Å². The molecule has 1 N–H and O–H groups in total. The van der Waals surface area contributed by atoms with Crippen LogP contribution in [0.3, 0.4) is 0 Å². The normalized spacial score (nSPS) is 18.3.